The summed E-state index contributed by atoms with van der Waals surface area (Å²) in [6, 6.07) is 6.22. The van der Waals surface area contributed by atoms with Crippen molar-refractivity contribution in [3.63, 3.8) is 0 Å². The summed E-state index contributed by atoms with van der Waals surface area (Å²) >= 11 is 0.863. The van der Waals surface area contributed by atoms with Gasteiger partial charge in [-0.2, -0.15) is 12.1 Å². The van der Waals surface area contributed by atoms with Gasteiger partial charge in [-0.05, 0) is 26.2 Å². The highest BCUT2D eigenvalue weighted by Gasteiger charge is 2.42. The first kappa shape index (κ1) is 11.4. The van der Waals surface area contributed by atoms with Gasteiger partial charge in [0.05, 0.1) is 17.7 Å². The van der Waals surface area contributed by atoms with Gasteiger partial charge in [-0.25, -0.2) is 4.31 Å². The fourth-order valence-electron chi connectivity index (χ4n) is 1.39. The summed E-state index contributed by atoms with van der Waals surface area (Å²) < 4.78 is 26.3. The third-order valence-corrected chi connectivity index (χ3v) is 4.96. The van der Waals surface area contributed by atoms with Gasteiger partial charge in [0.25, 0.3) is 15.9 Å². The number of hydrogen-bond donors (Lipinski definition) is 0. The molecule has 16 heavy (non-hydrogen) atoms. The maximum atomic E-state index is 12.0. The van der Waals surface area contributed by atoms with Crippen LogP contribution < -0.4 is 0 Å². The van der Waals surface area contributed by atoms with Crippen molar-refractivity contribution >= 4 is 28.1 Å². The van der Waals surface area contributed by atoms with E-state index in [4.69, 9.17) is 0 Å². The highest BCUT2D eigenvalue weighted by molar-refractivity contribution is 8.08. The molecular weight excluding hydrogens is 248 g/mol. The van der Waals surface area contributed by atoms with Crippen molar-refractivity contribution in [2.24, 2.45) is 0 Å². The second-order valence-corrected chi connectivity index (χ2v) is 6.67. The molecule has 0 saturated heterocycles. The minimum atomic E-state index is -3.69. The van der Waals surface area contributed by atoms with Crippen LogP contribution in [-0.4, -0.2) is 36.4 Å². The van der Waals surface area contributed by atoms with Gasteiger partial charge in [-0.3, -0.25) is 4.79 Å². The van der Waals surface area contributed by atoms with Crippen molar-refractivity contribution in [2.45, 2.75) is 4.90 Å². The van der Waals surface area contributed by atoms with E-state index in [1.807, 2.05) is 0 Å². The third-order valence-electron chi connectivity index (χ3n) is 2.02. The standard InChI is InChI=1S/C9H10N2O3S2/c1-10(2)15-11-9(12)7-5-3-4-6-8(7)16(11,13)14/h3-6H,1-2H3. The number of carbonyl (C=O) groups excluding carboxylic acids is 1. The number of amides is 1. The van der Waals surface area contributed by atoms with Gasteiger partial charge in [-0.1, -0.05) is 12.1 Å². The van der Waals surface area contributed by atoms with Crippen LogP contribution in [0.2, 0.25) is 0 Å². The van der Waals surface area contributed by atoms with Crippen LogP contribution in [0, 0.1) is 0 Å². The number of hydrogen-bond acceptors (Lipinski definition) is 5. The Bertz CT molecular complexity index is 539. The van der Waals surface area contributed by atoms with E-state index in [0.717, 1.165) is 15.8 Å². The van der Waals surface area contributed by atoms with Gasteiger partial charge in [0.2, 0.25) is 0 Å². The molecule has 0 saturated carbocycles. The first-order valence-corrected chi connectivity index (χ1v) is 6.66. The van der Waals surface area contributed by atoms with Crippen LogP contribution in [-0.2, 0) is 10.0 Å². The zero-order valence-corrected chi connectivity index (χ0v) is 10.4. The molecule has 1 aromatic carbocycles. The van der Waals surface area contributed by atoms with E-state index >= 15 is 0 Å². The van der Waals surface area contributed by atoms with E-state index < -0.39 is 15.9 Å². The van der Waals surface area contributed by atoms with Gasteiger partial charge in [0.15, 0.2) is 0 Å². The largest absolute Gasteiger partial charge is 0.280 e. The summed E-state index contributed by atoms with van der Waals surface area (Å²) in [5.41, 5.74) is 0.233. The molecule has 7 heteroatoms. The van der Waals surface area contributed by atoms with Crippen molar-refractivity contribution in [1.82, 2.24) is 8.02 Å². The number of nitrogens with zero attached hydrogens (tertiary/aromatic N) is 2. The molecule has 0 bridgehead atoms. The minimum Gasteiger partial charge on any atom is -0.267 e. The molecule has 1 amide bonds. The number of carbonyl (C=O) groups is 1. The molecule has 1 aliphatic rings. The molecule has 0 unspecified atom stereocenters. The third kappa shape index (κ3) is 1.60. The smallest absolute Gasteiger partial charge is 0.267 e. The van der Waals surface area contributed by atoms with Crippen molar-refractivity contribution < 1.29 is 13.2 Å². The highest BCUT2D eigenvalue weighted by Crippen LogP contribution is 2.35. The van der Waals surface area contributed by atoms with E-state index in [1.54, 1.807) is 30.5 Å². The van der Waals surface area contributed by atoms with Gasteiger partial charge in [-0.15, -0.1) is 0 Å². The summed E-state index contributed by atoms with van der Waals surface area (Å²) in [7, 11) is -0.331. The second-order valence-electron chi connectivity index (χ2n) is 3.43. The van der Waals surface area contributed by atoms with Crippen LogP contribution in [0.3, 0.4) is 0 Å². The van der Waals surface area contributed by atoms with E-state index in [2.05, 4.69) is 0 Å². The fourth-order valence-corrected chi connectivity index (χ4v) is 4.03. The Kier molecular flexibility index (Phi) is 2.69. The average molecular weight is 258 g/mol. The van der Waals surface area contributed by atoms with Crippen LogP contribution in [0.4, 0.5) is 0 Å². The molecule has 5 nitrogen and oxygen atoms in total. The molecule has 0 aromatic heterocycles. The average Bonchev–Trinajstić information content (AvgIpc) is 2.41. The van der Waals surface area contributed by atoms with Crippen molar-refractivity contribution in [3.05, 3.63) is 29.8 Å². The summed E-state index contributed by atoms with van der Waals surface area (Å²) in [4.78, 5) is 11.9. The quantitative estimate of drug-likeness (QED) is 0.739. The van der Waals surface area contributed by atoms with Crippen molar-refractivity contribution in [2.75, 3.05) is 14.1 Å². The molecule has 0 radical (unpaired) electrons. The lowest BCUT2D eigenvalue weighted by atomic mass is 10.2. The molecule has 0 fully saturated rings. The Morgan fingerprint density at radius 2 is 1.88 bits per heavy atom. The van der Waals surface area contributed by atoms with Crippen molar-refractivity contribution in [1.29, 1.82) is 0 Å². The van der Waals surface area contributed by atoms with Gasteiger partial charge < -0.3 is 0 Å². The molecule has 1 aliphatic heterocycles. The van der Waals surface area contributed by atoms with Crippen LogP contribution in [0.25, 0.3) is 0 Å². The monoisotopic (exact) mass is 258 g/mol. The Morgan fingerprint density at radius 1 is 1.25 bits per heavy atom. The predicted molar refractivity (Wildman–Crippen MR) is 61.1 cm³/mol. The first-order valence-electron chi connectivity index (χ1n) is 4.48. The van der Waals surface area contributed by atoms with E-state index in [0.29, 0.717) is 0 Å². The molecule has 1 heterocycles. The topological polar surface area (TPSA) is 57.7 Å². The Morgan fingerprint density at radius 3 is 2.44 bits per heavy atom. The first-order chi connectivity index (χ1) is 7.44. The van der Waals surface area contributed by atoms with Gasteiger partial charge >= 0.3 is 0 Å². The van der Waals surface area contributed by atoms with E-state index in [-0.39, 0.29) is 10.5 Å². The molecule has 86 valence electrons. The molecule has 1 aromatic rings. The van der Waals surface area contributed by atoms with Crippen LogP contribution in [0.5, 0.6) is 0 Å². The highest BCUT2D eigenvalue weighted by atomic mass is 32.3. The number of sulfonamides is 1. The van der Waals surface area contributed by atoms with Crippen molar-refractivity contribution in [3.8, 4) is 0 Å². The predicted octanol–water partition coefficient (Wildman–Crippen LogP) is 0.956. The number of fused-ring (bicyclic) bond motifs is 1. The molecule has 0 aliphatic carbocycles. The number of rotatable bonds is 2. The zero-order chi connectivity index (χ0) is 11.9. The molecule has 0 atom stereocenters. The van der Waals surface area contributed by atoms with Gasteiger partial charge in [0.1, 0.15) is 4.90 Å². The van der Waals surface area contributed by atoms with Crippen LogP contribution >= 0.6 is 12.1 Å². The maximum absolute atomic E-state index is 12.0. The lowest BCUT2D eigenvalue weighted by Crippen LogP contribution is -2.26. The zero-order valence-electron chi connectivity index (χ0n) is 8.75. The minimum absolute atomic E-state index is 0.0781. The normalized spacial score (nSPS) is 17.9. The molecule has 0 N–H and O–H groups in total. The van der Waals surface area contributed by atoms with Crippen LogP contribution in [0.15, 0.2) is 29.2 Å². The Hall–Kier alpha value is -1.05. The fraction of sp³-hybridized carbons (Fsp3) is 0.222. The lowest BCUT2D eigenvalue weighted by molar-refractivity contribution is 0.0932. The summed E-state index contributed by atoms with van der Waals surface area (Å²) in [5.74, 6) is -0.491. The maximum Gasteiger partial charge on any atom is 0.280 e. The lowest BCUT2D eigenvalue weighted by Gasteiger charge is -2.16. The Labute approximate surface area is 98.4 Å². The second kappa shape index (κ2) is 3.76. The number of benzene rings is 1. The molecule has 2 rings (SSSR count). The summed E-state index contributed by atoms with van der Waals surface area (Å²) in [6.45, 7) is 0. The van der Waals surface area contributed by atoms with Crippen LogP contribution in [0.1, 0.15) is 10.4 Å². The van der Waals surface area contributed by atoms with E-state index in [9.17, 15) is 13.2 Å². The molecular formula is C9H10N2O3S2. The molecule has 0 spiro atoms. The Balaban J connectivity index is 2.54. The SMILES string of the molecule is CN(C)SN1C(=O)c2ccccc2S1(=O)=O. The summed E-state index contributed by atoms with van der Waals surface area (Å²) in [6.07, 6.45) is 0. The summed E-state index contributed by atoms with van der Waals surface area (Å²) in [5, 5.41) is 0. The van der Waals surface area contributed by atoms with E-state index in [1.165, 1.54) is 12.1 Å². The van der Waals surface area contributed by atoms with Gasteiger partial charge in [0, 0.05) is 0 Å².